The van der Waals surface area contributed by atoms with Crippen LogP contribution in [0.3, 0.4) is 0 Å². The average Bonchev–Trinajstić information content (AvgIpc) is 2.76. The van der Waals surface area contributed by atoms with Gasteiger partial charge in [-0.15, -0.1) is 0 Å². The molecule has 0 radical (unpaired) electrons. The molecule has 1 aliphatic rings. The van der Waals surface area contributed by atoms with Gasteiger partial charge in [-0.3, -0.25) is 0 Å². The molecule has 1 aliphatic carbocycles. The molecular weight excluding hydrogens is 228 g/mol. The maximum absolute atomic E-state index is 9.96. The molecule has 17 heavy (non-hydrogen) atoms. The van der Waals surface area contributed by atoms with Gasteiger partial charge in [-0.25, -0.2) is 0 Å². The molecule has 0 saturated carbocycles. The highest BCUT2D eigenvalue weighted by Gasteiger charge is 2.12. The van der Waals surface area contributed by atoms with Crippen molar-refractivity contribution in [2.24, 2.45) is 0 Å². The Bertz CT molecular complexity index is 362. The van der Waals surface area contributed by atoms with Gasteiger partial charge in [0.05, 0.1) is 6.10 Å². The number of hydrogen-bond donors (Lipinski definition) is 1. The lowest BCUT2D eigenvalue weighted by atomic mass is 10.0. The number of aryl methyl sites for hydroxylation is 2. The molecule has 0 spiro atoms. The lowest BCUT2D eigenvalue weighted by Crippen LogP contribution is -2.11. The van der Waals surface area contributed by atoms with Crippen molar-refractivity contribution in [3.63, 3.8) is 0 Å². The first-order valence-electron chi connectivity index (χ1n) is 6.66. The monoisotopic (exact) mass is 250 g/mol. The normalized spacial score (nSPS) is 15.9. The van der Waals surface area contributed by atoms with E-state index in [0.717, 1.165) is 24.3 Å². The maximum atomic E-state index is 9.96. The van der Waals surface area contributed by atoms with Crippen molar-refractivity contribution in [3.05, 3.63) is 34.9 Å². The second-order valence-corrected chi connectivity index (χ2v) is 6.19. The summed E-state index contributed by atoms with van der Waals surface area (Å²) in [6.07, 6.45) is 5.33. The van der Waals surface area contributed by atoms with Crippen molar-refractivity contribution < 1.29 is 5.11 Å². The van der Waals surface area contributed by atoms with Gasteiger partial charge in [0.1, 0.15) is 0 Å². The van der Waals surface area contributed by atoms with Gasteiger partial charge in [0.2, 0.25) is 0 Å². The Labute approximate surface area is 109 Å². The first-order valence-corrected chi connectivity index (χ1v) is 7.81. The molecule has 1 aromatic rings. The van der Waals surface area contributed by atoms with Crippen LogP contribution < -0.4 is 0 Å². The van der Waals surface area contributed by atoms with Crippen LogP contribution in [0.25, 0.3) is 0 Å². The fourth-order valence-electron chi connectivity index (χ4n) is 2.49. The van der Waals surface area contributed by atoms with Gasteiger partial charge < -0.3 is 5.11 Å². The van der Waals surface area contributed by atoms with E-state index in [4.69, 9.17) is 0 Å². The molecule has 0 aliphatic heterocycles. The topological polar surface area (TPSA) is 20.2 Å². The van der Waals surface area contributed by atoms with E-state index >= 15 is 0 Å². The summed E-state index contributed by atoms with van der Waals surface area (Å²) in [5.41, 5.74) is 4.34. The summed E-state index contributed by atoms with van der Waals surface area (Å²) in [6, 6.07) is 6.75. The molecular formula is C15H22OS. The van der Waals surface area contributed by atoms with Gasteiger partial charge in [-0.05, 0) is 60.3 Å². The first kappa shape index (κ1) is 13.0. The largest absolute Gasteiger partial charge is 0.393 e. The number of hydrogen-bond acceptors (Lipinski definition) is 2. The van der Waals surface area contributed by atoms with Crippen LogP contribution in [0, 0.1) is 0 Å². The molecule has 2 rings (SSSR count). The van der Waals surface area contributed by atoms with Crippen LogP contribution in [0.2, 0.25) is 0 Å². The Morgan fingerprint density at radius 3 is 2.94 bits per heavy atom. The third-order valence-corrected chi connectivity index (χ3v) is 4.37. The lowest BCUT2D eigenvalue weighted by molar-refractivity contribution is 0.172. The molecule has 94 valence electrons. The maximum Gasteiger partial charge on any atom is 0.0588 e. The predicted octanol–water partition coefficient (Wildman–Crippen LogP) is 3.22. The van der Waals surface area contributed by atoms with E-state index in [1.165, 1.54) is 36.0 Å². The zero-order chi connectivity index (χ0) is 12.1. The van der Waals surface area contributed by atoms with Crippen LogP contribution in [-0.4, -0.2) is 22.7 Å². The van der Waals surface area contributed by atoms with E-state index in [0.29, 0.717) is 0 Å². The molecule has 0 aromatic heterocycles. The molecule has 1 aromatic carbocycles. The molecule has 0 bridgehead atoms. The summed E-state index contributed by atoms with van der Waals surface area (Å²) < 4.78 is 0. The van der Waals surface area contributed by atoms with Crippen LogP contribution in [-0.2, 0) is 19.3 Å². The second-order valence-electron chi connectivity index (χ2n) is 4.80. The van der Waals surface area contributed by atoms with Gasteiger partial charge in [0, 0.05) is 0 Å². The molecule has 0 fully saturated rings. The van der Waals surface area contributed by atoms with Crippen LogP contribution in [0.15, 0.2) is 18.2 Å². The van der Waals surface area contributed by atoms with E-state index in [9.17, 15) is 5.11 Å². The molecule has 0 amide bonds. The van der Waals surface area contributed by atoms with E-state index < -0.39 is 0 Å². The highest BCUT2D eigenvalue weighted by Crippen LogP contribution is 2.23. The standard InChI is InChI=1S/C15H22OS/c1-2-17-9-8-15(16)11-12-6-7-13-4-3-5-14(13)10-12/h6-7,10,15-16H,2-5,8-9,11H2,1H3. The van der Waals surface area contributed by atoms with Crippen molar-refractivity contribution in [3.8, 4) is 0 Å². The first-order chi connectivity index (χ1) is 8.29. The Morgan fingerprint density at radius 1 is 1.29 bits per heavy atom. The number of rotatable bonds is 6. The van der Waals surface area contributed by atoms with E-state index in [2.05, 4.69) is 25.1 Å². The number of thioether (sulfide) groups is 1. The van der Waals surface area contributed by atoms with E-state index in [-0.39, 0.29) is 6.10 Å². The van der Waals surface area contributed by atoms with Crippen LogP contribution in [0.1, 0.15) is 36.5 Å². The summed E-state index contributed by atoms with van der Waals surface area (Å²) in [6.45, 7) is 2.16. The van der Waals surface area contributed by atoms with Crippen molar-refractivity contribution in [1.82, 2.24) is 0 Å². The smallest absolute Gasteiger partial charge is 0.0588 e. The van der Waals surface area contributed by atoms with Crippen molar-refractivity contribution >= 4 is 11.8 Å². The highest BCUT2D eigenvalue weighted by molar-refractivity contribution is 7.99. The summed E-state index contributed by atoms with van der Waals surface area (Å²) in [4.78, 5) is 0. The average molecular weight is 250 g/mol. The van der Waals surface area contributed by atoms with Crippen LogP contribution in [0.4, 0.5) is 0 Å². The number of aliphatic hydroxyl groups excluding tert-OH is 1. The minimum absolute atomic E-state index is 0.173. The van der Waals surface area contributed by atoms with Crippen molar-refractivity contribution in [2.75, 3.05) is 11.5 Å². The fraction of sp³-hybridized carbons (Fsp3) is 0.600. The third-order valence-electron chi connectivity index (χ3n) is 3.43. The van der Waals surface area contributed by atoms with Gasteiger partial charge >= 0.3 is 0 Å². The Kier molecular flexibility index (Phi) is 4.93. The SMILES string of the molecule is CCSCCC(O)Cc1ccc2c(c1)CCC2. The molecule has 2 heteroatoms. The molecule has 0 heterocycles. The molecule has 1 atom stereocenters. The lowest BCUT2D eigenvalue weighted by Gasteiger charge is -2.11. The van der Waals surface area contributed by atoms with Gasteiger partial charge in [0.15, 0.2) is 0 Å². The minimum atomic E-state index is -0.173. The zero-order valence-corrected chi connectivity index (χ0v) is 11.4. The van der Waals surface area contributed by atoms with E-state index in [1.54, 1.807) is 0 Å². The predicted molar refractivity (Wildman–Crippen MR) is 75.8 cm³/mol. The summed E-state index contributed by atoms with van der Waals surface area (Å²) in [5, 5.41) is 9.96. The summed E-state index contributed by atoms with van der Waals surface area (Å²) >= 11 is 1.91. The molecule has 1 N–H and O–H groups in total. The van der Waals surface area contributed by atoms with Gasteiger partial charge in [-0.2, -0.15) is 11.8 Å². The number of aliphatic hydroxyl groups is 1. The third kappa shape index (κ3) is 3.75. The van der Waals surface area contributed by atoms with Crippen LogP contribution >= 0.6 is 11.8 Å². The molecule has 1 nitrogen and oxygen atoms in total. The van der Waals surface area contributed by atoms with Crippen LogP contribution in [0.5, 0.6) is 0 Å². The van der Waals surface area contributed by atoms with Gasteiger partial charge in [-0.1, -0.05) is 25.1 Å². The summed E-state index contributed by atoms with van der Waals surface area (Å²) in [5.74, 6) is 2.22. The fourth-order valence-corrected chi connectivity index (χ4v) is 3.22. The van der Waals surface area contributed by atoms with Crippen molar-refractivity contribution in [2.45, 2.75) is 45.1 Å². The van der Waals surface area contributed by atoms with E-state index in [1.807, 2.05) is 11.8 Å². The zero-order valence-electron chi connectivity index (χ0n) is 10.6. The summed E-state index contributed by atoms with van der Waals surface area (Å²) in [7, 11) is 0. The minimum Gasteiger partial charge on any atom is -0.393 e. The van der Waals surface area contributed by atoms with Gasteiger partial charge in [0.25, 0.3) is 0 Å². The Balaban J connectivity index is 1.86. The number of fused-ring (bicyclic) bond motifs is 1. The highest BCUT2D eigenvalue weighted by atomic mass is 32.2. The molecule has 1 unspecified atom stereocenters. The second kappa shape index (κ2) is 6.46. The number of benzene rings is 1. The molecule has 0 saturated heterocycles. The Morgan fingerprint density at radius 2 is 2.12 bits per heavy atom. The quantitative estimate of drug-likeness (QED) is 0.782. The van der Waals surface area contributed by atoms with Crippen molar-refractivity contribution in [1.29, 1.82) is 0 Å². The Hall–Kier alpha value is -0.470.